The molecule has 0 aliphatic carbocycles. The van der Waals surface area contributed by atoms with Gasteiger partial charge in [0.1, 0.15) is 12.8 Å². The number of nitrogens with zero attached hydrogens (tertiary/aromatic N) is 1. The molecule has 0 unspecified atom stereocenters. The number of carbonyl (C=O) groups excluding carboxylic acids is 1. The van der Waals surface area contributed by atoms with Gasteiger partial charge in [0, 0.05) is 13.7 Å². The Morgan fingerprint density at radius 3 is 2.82 bits per heavy atom. The molecule has 0 saturated carbocycles. The Morgan fingerprint density at radius 1 is 1.43 bits per heavy atom. The maximum absolute atomic E-state index is 12.4. The molecule has 1 aliphatic heterocycles. The fourth-order valence-corrected chi connectivity index (χ4v) is 3.22. The number of ether oxygens (including phenoxy) is 3. The molecule has 162 valence electrons. The molecule has 7 heteroatoms. The number of nitrogens with one attached hydrogen (secondary N) is 1. The molecule has 28 heavy (non-hydrogen) atoms. The molecule has 0 aromatic heterocycles. The second-order valence-electron chi connectivity index (χ2n) is 8.14. The molecule has 1 heterocycles. The number of rotatable bonds is 12. The largest absolute Gasteiger partial charge is 0.464 e. The van der Waals surface area contributed by atoms with Crippen molar-refractivity contribution in [3.63, 3.8) is 0 Å². The SMILES string of the molecule is CCCC(C)(C)COC(=O)[C@@H]1CCCN(CO[C@@H](C)/C=C(\C=C/N)COC)N1. The third-order valence-electron chi connectivity index (χ3n) is 4.64. The zero-order chi connectivity index (χ0) is 21.0. The van der Waals surface area contributed by atoms with Crippen LogP contribution in [0.5, 0.6) is 0 Å². The highest BCUT2D eigenvalue weighted by molar-refractivity contribution is 5.75. The van der Waals surface area contributed by atoms with Crippen LogP contribution in [0.15, 0.2) is 23.9 Å². The summed E-state index contributed by atoms with van der Waals surface area (Å²) in [5.41, 5.74) is 9.67. The van der Waals surface area contributed by atoms with Gasteiger partial charge in [-0.05, 0) is 49.5 Å². The predicted molar refractivity (Wildman–Crippen MR) is 111 cm³/mol. The molecule has 3 N–H and O–H groups in total. The van der Waals surface area contributed by atoms with Gasteiger partial charge in [-0.2, -0.15) is 0 Å². The maximum atomic E-state index is 12.4. The second-order valence-corrected chi connectivity index (χ2v) is 8.14. The quantitative estimate of drug-likeness (QED) is 0.387. The van der Waals surface area contributed by atoms with E-state index in [4.69, 9.17) is 19.9 Å². The average molecular weight is 398 g/mol. The third-order valence-corrected chi connectivity index (χ3v) is 4.64. The van der Waals surface area contributed by atoms with E-state index in [-0.39, 0.29) is 23.5 Å². The van der Waals surface area contributed by atoms with Crippen LogP contribution in [0.3, 0.4) is 0 Å². The first-order valence-corrected chi connectivity index (χ1v) is 10.2. The van der Waals surface area contributed by atoms with Crippen LogP contribution in [0.2, 0.25) is 0 Å². The second kappa shape index (κ2) is 12.9. The molecule has 0 aromatic rings. The van der Waals surface area contributed by atoms with Crippen LogP contribution in [-0.2, 0) is 19.0 Å². The first-order chi connectivity index (χ1) is 13.3. The van der Waals surface area contributed by atoms with Gasteiger partial charge in [0.2, 0.25) is 0 Å². The summed E-state index contributed by atoms with van der Waals surface area (Å²) >= 11 is 0. The Bertz CT molecular complexity index is 520. The molecule has 0 bridgehead atoms. The van der Waals surface area contributed by atoms with E-state index in [0.29, 0.717) is 19.9 Å². The van der Waals surface area contributed by atoms with E-state index in [1.54, 1.807) is 13.2 Å². The molecule has 1 saturated heterocycles. The van der Waals surface area contributed by atoms with Crippen molar-refractivity contribution >= 4 is 5.97 Å². The summed E-state index contributed by atoms with van der Waals surface area (Å²) in [5, 5.41) is 1.94. The molecule has 1 rings (SSSR count). The lowest BCUT2D eigenvalue weighted by atomic mass is 9.89. The van der Waals surface area contributed by atoms with Gasteiger partial charge in [0.05, 0.1) is 19.3 Å². The van der Waals surface area contributed by atoms with E-state index >= 15 is 0 Å². The summed E-state index contributed by atoms with van der Waals surface area (Å²) in [6.07, 6.45) is 8.97. The lowest BCUT2D eigenvalue weighted by Crippen LogP contribution is -2.54. The maximum Gasteiger partial charge on any atom is 0.324 e. The number of hydrazine groups is 1. The normalized spacial score (nSPS) is 20.5. The van der Waals surface area contributed by atoms with Crippen molar-refractivity contribution in [3.05, 3.63) is 23.9 Å². The van der Waals surface area contributed by atoms with E-state index in [2.05, 4.69) is 26.2 Å². The molecule has 1 aliphatic rings. The summed E-state index contributed by atoms with van der Waals surface area (Å²) in [5.74, 6) is -0.183. The smallest absolute Gasteiger partial charge is 0.324 e. The van der Waals surface area contributed by atoms with Crippen molar-refractivity contribution in [1.29, 1.82) is 0 Å². The number of hydrogen-bond donors (Lipinski definition) is 2. The minimum Gasteiger partial charge on any atom is -0.464 e. The zero-order valence-electron chi connectivity index (χ0n) is 18.2. The molecular formula is C21H39N3O4. The molecule has 0 amide bonds. The highest BCUT2D eigenvalue weighted by atomic mass is 16.5. The Morgan fingerprint density at radius 2 is 2.18 bits per heavy atom. The Balaban J connectivity index is 2.46. The molecule has 7 nitrogen and oxygen atoms in total. The van der Waals surface area contributed by atoms with Crippen molar-refractivity contribution in [2.24, 2.45) is 11.1 Å². The Labute approximate surface area is 170 Å². The van der Waals surface area contributed by atoms with Crippen LogP contribution in [0.1, 0.15) is 53.4 Å². The lowest BCUT2D eigenvalue weighted by molar-refractivity contribution is -0.154. The number of esters is 1. The van der Waals surface area contributed by atoms with Crippen molar-refractivity contribution < 1.29 is 19.0 Å². The van der Waals surface area contributed by atoms with Gasteiger partial charge in [0.15, 0.2) is 0 Å². The van der Waals surface area contributed by atoms with Gasteiger partial charge in [-0.25, -0.2) is 10.4 Å². The average Bonchev–Trinajstić information content (AvgIpc) is 2.65. The first-order valence-electron chi connectivity index (χ1n) is 10.2. The van der Waals surface area contributed by atoms with Crippen molar-refractivity contribution in [3.8, 4) is 0 Å². The third kappa shape index (κ3) is 9.68. The van der Waals surface area contributed by atoms with Crippen LogP contribution in [0, 0.1) is 5.41 Å². The summed E-state index contributed by atoms with van der Waals surface area (Å²) in [6.45, 7) is 10.5. The number of carbonyl (C=O) groups is 1. The molecule has 1 fully saturated rings. The lowest BCUT2D eigenvalue weighted by Gasteiger charge is -2.33. The van der Waals surface area contributed by atoms with Crippen LogP contribution in [0.4, 0.5) is 0 Å². The summed E-state index contributed by atoms with van der Waals surface area (Å²) in [6, 6.07) is -0.315. The van der Waals surface area contributed by atoms with Gasteiger partial charge >= 0.3 is 5.97 Å². The van der Waals surface area contributed by atoms with Gasteiger partial charge in [-0.15, -0.1) is 0 Å². The minimum absolute atomic E-state index is 0.0154. The molecule has 2 atom stereocenters. The van der Waals surface area contributed by atoms with Crippen LogP contribution < -0.4 is 11.2 Å². The molecule has 0 radical (unpaired) electrons. The van der Waals surface area contributed by atoms with E-state index in [9.17, 15) is 4.79 Å². The zero-order valence-corrected chi connectivity index (χ0v) is 18.2. The number of hydrogen-bond acceptors (Lipinski definition) is 7. The van der Waals surface area contributed by atoms with Crippen LogP contribution in [0.25, 0.3) is 0 Å². The number of nitrogens with two attached hydrogens (primary N) is 1. The highest BCUT2D eigenvalue weighted by Crippen LogP contribution is 2.23. The molecular weight excluding hydrogens is 358 g/mol. The van der Waals surface area contributed by atoms with Crippen LogP contribution >= 0.6 is 0 Å². The Hall–Kier alpha value is -1.41. The molecule has 0 aromatic carbocycles. The van der Waals surface area contributed by atoms with Gasteiger partial charge in [-0.3, -0.25) is 4.79 Å². The fourth-order valence-electron chi connectivity index (χ4n) is 3.22. The van der Waals surface area contributed by atoms with Crippen LogP contribution in [-0.4, -0.2) is 56.7 Å². The van der Waals surface area contributed by atoms with Crippen molar-refractivity contribution in [2.75, 3.05) is 33.6 Å². The van der Waals surface area contributed by atoms with Crippen molar-refractivity contribution in [1.82, 2.24) is 10.4 Å². The first kappa shape index (κ1) is 24.6. The van der Waals surface area contributed by atoms with E-state index in [1.807, 2.05) is 18.0 Å². The highest BCUT2D eigenvalue weighted by Gasteiger charge is 2.28. The predicted octanol–water partition coefficient (Wildman–Crippen LogP) is 2.73. The Kier molecular flexibility index (Phi) is 11.4. The van der Waals surface area contributed by atoms with E-state index in [0.717, 1.165) is 37.8 Å². The molecule has 0 spiro atoms. The summed E-state index contributed by atoms with van der Waals surface area (Å²) < 4.78 is 16.6. The number of methoxy groups -OCH3 is 1. The van der Waals surface area contributed by atoms with E-state index < -0.39 is 0 Å². The fraction of sp³-hybridized carbons (Fsp3) is 0.762. The topological polar surface area (TPSA) is 86.0 Å². The monoisotopic (exact) mass is 397 g/mol. The van der Waals surface area contributed by atoms with E-state index in [1.165, 1.54) is 6.20 Å². The van der Waals surface area contributed by atoms with Crippen molar-refractivity contribution in [2.45, 2.75) is 65.5 Å². The van der Waals surface area contributed by atoms with Gasteiger partial charge in [-0.1, -0.05) is 33.3 Å². The van der Waals surface area contributed by atoms with Gasteiger partial charge in [0.25, 0.3) is 0 Å². The summed E-state index contributed by atoms with van der Waals surface area (Å²) in [7, 11) is 1.64. The van der Waals surface area contributed by atoms with Gasteiger partial charge < -0.3 is 19.9 Å². The minimum atomic E-state index is -0.315. The summed E-state index contributed by atoms with van der Waals surface area (Å²) in [4.78, 5) is 12.4. The standard InChI is InChI=1S/C21H39N3O4/c1-6-10-21(3,4)15-27-20(25)19-8-7-12-24(23-19)16-28-17(2)13-18(9-11-22)14-26-5/h9,11,13,17,19,23H,6-8,10,12,14-16,22H2,1-5H3/b11-9-,18-13+/t17-,19-/m0/s1.